The number of morpholine rings is 1. The molecule has 0 bridgehead atoms. The van der Waals surface area contributed by atoms with Gasteiger partial charge in [0.25, 0.3) is 0 Å². The highest BCUT2D eigenvalue weighted by atomic mass is 16.5. The Hall–Kier alpha value is -0.850. The van der Waals surface area contributed by atoms with E-state index in [1.165, 1.54) is 0 Å². The third-order valence-electron chi connectivity index (χ3n) is 3.56. The average molecular weight is 272 g/mol. The van der Waals surface area contributed by atoms with Crippen molar-refractivity contribution in [1.82, 2.24) is 9.80 Å². The second kappa shape index (κ2) is 7.67. The first kappa shape index (κ1) is 16.2. The molecule has 0 aromatic heterocycles. The standard InChI is InChI=1S/C13H28N4O2/c1-10(2)16-5-6-19-12(7-16)8-17(11(3)4)9-13(14)15-18/h10-12,18H,5-9H2,1-4H3,(H2,14,15). The third kappa shape index (κ3) is 5.34. The number of rotatable bonds is 6. The molecular formula is C13H28N4O2. The molecule has 1 atom stereocenters. The predicted octanol–water partition coefficient (Wildman–Crippen LogP) is 0.552. The molecule has 0 radical (unpaired) electrons. The Morgan fingerprint density at radius 2 is 2.16 bits per heavy atom. The molecule has 112 valence electrons. The Balaban J connectivity index is 2.53. The largest absolute Gasteiger partial charge is 0.409 e. The molecule has 1 aliphatic heterocycles. The summed E-state index contributed by atoms with van der Waals surface area (Å²) in [7, 11) is 0. The van der Waals surface area contributed by atoms with Crippen molar-refractivity contribution < 1.29 is 9.94 Å². The Morgan fingerprint density at radius 1 is 1.47 bits per heavy atom. The van der Waals surface area contributed by atoms with Gasteiger partial charge in [-0.15, -0.1) is 0 Å². The van der Waals surface area contributed by atoms with Crippen LogP contribution in [0.3, 0.4) is 0 Å². The minimum Gasteiger partial charge on any atom is -0.409 e. The Morgan fingerprint density at radius 3 is 2.68 bits per heavy atom. The normalized spacial score (nSPS) is 22.7. The molecule has 1 aliphatic rings. The number of hydrogen-bond donors (Lipinski definition) is 2. The summed E-state index contributed by atoms with van der Waals surface area (Å²) in [5, 5.41) is 11.7. The number of nitrogens with two attached hydrogens (primary N) is 1. The molecule has 1 unspecified atom stereocenters. The number of nitrogens with zero attached hydrogens (tertiary/aromatic N) is 3. The van der Waals surface area contributed by atoms with E-state index < -0.39 is 0 Å². The molecular weight excluding hydrogens is 244 g/mol. The molecule has 0 saturated carbocycles. The number of oxime groups is 1. The first-order valence-corrected chi connectivity index (χ1v) is 7.00. The van der Waals surface area contributed by atoms with Crippen molar-refractivity contribution in [2.75, 3.05) is 32.8 Å². The monoisotopic (exact) mass is 272 g/mol. The van der Waals surface area contributed by atoms with Crippen molar-refractivity contribution in [1.29, 1.82) is 0 Å². The lowest BCUT2D eigenvalue weighted by atomic mass is 10.2. The molecule has 0 aromatic rings. The highest BCUT2D eigenvalue weighted by Crippen LogP contribution is 2.11. The van der Waals surface area contributed by atoms with Crippen molar-refractivity contribution in [3.8, 4) is 0 Å². The van der Waals surface area contributed by atoms with Crippen LogP contribution >= 0.6 is 0 Å². The Kier molecular flexibility index (Phi) is 6.54. The van der Waals surface area contributed by atoms with Gasteiger partial charge in [0.2, 0.25) is 0 Å². The molecule has 19 heavy (non-hydrogen) atoms. The first-order valence-electron chi connectivity index (χ1n) is 7.00. The van der Waals surface area contributed by atoms with Crippen molar-refractivity contribution in [2.24, 2.45) is 10.9 Å². The van der Waals surface area contributed by atoms with Crippen LogP contribution in [-0.2, 0) is 4.74 Å². The van der Waals surface area contributed by atoms with Gasteiger partial charge in [-0.05, 0) is 27.7 Å². The second-order valence-corrected chi connectivity index (χ2v) is 5.70. The van der Waals surface area contributed by atoms with Crippen LogP contribution in [0.15, 0.2) is 5.16 Å². The van der Waals surface area contributed by atoms with E-state index in [2.05, 4.69) is 42.7 Å². The lowest BCUT2D eigenvalue weighted by Crippen LogP contribution is -2.51. The van der Waals surface area contributed by atoms with Gasteiger partial charge in [-0.2, -0.15) is 0 Å². The summed E-state index contributed by atoms with van der Waals surface area (Å²) in [6.45, 7) is 12.6. The van der Waals surface area contributed by atoms with Crippen LogP contribution in [0.1, 0.15) is 27.7 Å². The second-order valence-electron chi connectivity index (χ2n) is 5.70. The lowest BCUT2D eigenvalue weighted by molar-refractivity contribution is -0.0536. The zero-order valence-electron chi connectivity index (χ0n) is 12.5. The molecule has 1 saturated heterocycles. The molecule has 0 aliphatic carbocycles. The van der Waals surface area contributed by atoms with Gasteiger partial charge in [-0.1, -0.05) is 5.16 Å². The summed E-state index contributed by atoms with van der Waals surface area (Å²) in [6.07, 6.45) is 0.185. The molecule has 6 nitrogen and oxygen atoms in total. The van der Waals surface area contributed by atoms with Crippen molar-refractivity contribution in [3.05, 3.63) is 0 Å². The summed E-state index contributed by atoms with van der Waals surface area (Å²) in [6, 6.07) is 0.876. The number of ether oxygens (including phenoxy) is 1. The SMILES string of the molecule is CC(C)N1CCOC(CN(CC(N)=NO)C(C)C)C1. The lowest BCUT2D eigenvalue weighted by Gasteiger charge is -2.38. The zero-order valence-corrected chi connectivity index (χ0v) is 12.5. The minimum absolute atomic E-state index is 0.185. The maximum Gasteiger partial charge on any atom is 0.153 e. The van der Waals surface area contributed by atoms with E-state index >= 15 is 0 Å². The van der Waals surface area contributed by atoms with Gasteiger partial charge in [0.05, 0.1) is 19.3 Å². The topological polar surface area (TPSA) is 74.3 Å². The molecule has 1 rings (SSSR count). The number of amidine groups is 1. The fourth-order valence-electron chi connectivity index (χ4n) is 2.28. The quantitative estimate of drug-likeness (QED) is 0.320. The first-order chi connectivity index (χ1) is 8.93. The van der Waals surface area contributed by atoms with E-state index in [0.717, 1.165) is 26.2 Å². The maximum atomic E-state index is 8.68. The van der Waals surface area contributed by atoms with Gasteiger partial charge in [-0.25, -0.2) is 0 Å². The minimum atomic E-state index is 0.185. The molecule has 0 spiro atoms. The van der Waals surface area contributed by atoms with E-state index in [4.69, 9.17) is 15.7 Å². The van der Waals surface area contributed by atoms with Crippen LogP contribution < -0.4 is 5.73 Å². The van der Waals surface area contributed by atoms with Crippen molar-refractivity contribution in [3.63, 3.8) is 0 Å². The summed E-state index contributed by atoms with van der Waals surface area (Å²) < 4.78 is 5.83. The maximum absolute atomic E-state index is 8.68. The van der Waals surface area contributed by atoms with Gasteiger partial charge in [0.15, 0.2) is 5.84 Å². The highest BCUT2D eigenvalue weighted by molar-refractivity contribution is 5.81. The molecule has 3 N–H and O–H groups in total. The van der Waals surface area contributed by atoms with Crippen LogP contribution in [0.25, 0.3) is 0 Å². The van der Waals surface area contributed by atoms with E-state index in [0.29, 0.717) is 18.6 Å². The predicted molar refractivity (Wildman–Crippen MR) is 76.6 cm³/mol. The van der Waals surface area contributed by atoms with Gasteiger partial charge >= 0.3 is 0 Å². The molecule has 1 fully saturated rings. The Bertz CT molecular complexity index is 294. The number of hydrogen-bond acceptors (Lipinski definition) is 5. The average Bonchev–Trinajstić information content (AvgIpc) is 2.37. The zero-order chi connectivity index (χ0) is 14.4. The third-order valence-corrected chi connectivity index (χ3v) is 3.56. The van der Waals surface area contributed by atoms with E-state index in [9.17, 15) is 0 Å². The van der Waals surface area contributed by atoms with Crippen LogP contribution in [0, 0.1) is 0 Å². The van der Waals surface area contributed by atoms with Gasteiger partial charge < -0.3 is 15.7 Å². The van der Waals surface area contributed by atoms with Gasteiger partial charge in [0, 0.05) is 31.7 Å². The summed E-state index contributed by atoms with van der Waals surface area (Å²) in [5.74, 6) is 0.241. The van der Waals surface area contributed by atoms with E-state index in [-0.39, 0.29) is 11.9 Å². The highest BCUT2D eigenvalue weighted by Gasteiger charge is 2.25. The molecule has 1 heterocycles. The smallest absolute Gasteiger partial charge is 0.153 e. The van der Waals surface area contributed by atoms with E-state index in [1.54, 1.807) is 0 Å². The van der Waals surface area contributed by atoms with Gasteiger partial charge in [-0.3, -0.25) is 9.80 Å². The summed E-state index contributed by atoms with van der Waals surface area (Å²) in [5.41, 5.74) is 5.60. The van der Waals surface area contributed by atoms with Gasteiger partial charge in [0.1, 0.15) is 0 Å². The summed E-state index contributed by atoms with van der Waals surface area (Å²) >= 11 is 0. The molecule has 0 aromatic carbocycles. The fourth-order valence-corrected chi connectivity index (χ4v) is 2.28. The van der Waals surface area contributed by atoms with Crippen LogP contribution in [0.2, 0.25) is 0 Å². The summed E-state index contributed by atoms with van der Waals surface area (Å²) in [4.78, 5) is 4.60. The molecule has 0 amide bonds. The van der Waals surface area contributed by atoms with Crippen molar-refractivity contribution >= 4 is 5.84 Å². The van der Waals surface area contributed by atoms with E-state index in [1.807, 2.05) is 0 Å². The van der Waals surface area contributed by atoms with Crippen LogP contribution in [0.5, 0.6) is 0 Å². The van der Waals surface area contributed by atoms with Crippen LogP contribution in [-0.4, -0.2) is 71.8 Å². The molecule has 6 heteroatoms. The van der Waals surface area contributed by atoms with Crippen molar-refractivity contribution in [2.45, 2.75) is 45.9 Å². The van der Waals surface area contributed by atoms with Crippen LogP contribution in [0.4, 0.5) is 0 Å². The Labute approximate surface area is 116 Å². The fraction of sp³-hybridized carbons (Fsp3) is 0.923.